The Bertz CT molecular complexity index is 230. The molecule has 2 N–H and O–H groups in total. The maximum absolute atomic E-state index is 5.39. The number of thiocarbonyl (C=S) groups is 1. The predicted molar refractivity (Wildman–Crippen MR) is 48.3 cm³/mol. The second-order valence-corrected chi connectivity index (χ2v) is 3.03. The fourth-order valence-corrected chi connectivity index (χ4v) is 1.17. The van der Waals surface area contributed by atoms with Gasteiger partial charge in [-0.3, -0.25) is 4.68 Å². The third-order valence-corrected chi connectivity index (χ3v) is 1.64. The molecule has 1 rings (SSSR count). The molecule has 3 nitrogen and oxygen atoms in total. The van der Waals surface area contributed by atoms with E-state index < -0.39 is 0 Å². The summed E-state index contributed by atoms with van der Waals surface area (Å²) in [5.74, 6) is 0. The smallest absolute Gasteiger partial charge is 0.0748 e. The summed E-state index contributed by atoms with van der Waals surface area (Å²) in [6.45, 7) is 2.03. The molecule has 1 atom stereocenters. The number of hydrogen-bond donors (Lipinski definition) is 1. The van der Waals surface area contributed by atoms with Gasteiger partial charge in [0.25, 0.3) is 0 Å². The van der Waals surface area contributed by atoms with Gasteiger partial charge in [0.15, 0.2) is 0 Å². The fourth-order valence-electron chi connectivity index (χ4n) is 0.926. The van der Waals surface area contributed by atoms with Crippen LogP contribution in [0.15, 0.2) is 18.5 Å². The molecule has 1 aromatic rings. The third-order valence-electron chi connectivity index (χ3n) is 1.47. The van der Waals surface area contributed by atoms with Crippen molar-refractivity contribution in [2.75, 3.05) is 0 Å². The second kappa shape index (κ2) is 3.48. The molecule has 0 fully saturated rings. The van der Waals surface area contributed by atoms with Crippen LogP contribution >= 0.6 is 12.2 Å². The van der Waals surface area contributed by atoms with Crippen molar-refractivity contribution in [2.45, 2.75) is 19.4 Å². The van der Waals surface area contributed by atoms with E-state index in [9.17, 15) is 0 Å². The molecule has 0 aliphatic rings. The highest BCUT2D eigenvalue weighted by Gasteiger charge is 2.04. The molecule has 11 heavy (non-hydrogen) atoms. The van der Waals surface area contributed by atoms with E-state index in [0.717, 1.165) is 0 Å². The number of nitrogens with zero attached hydrogens (tertiary/aromatic N) is 2. The lowest BCUT2D eigenvalue weighted by atomic mass is 10.2. The lowest BCUT2D eigenvalue weighted by molar-refractivity contribution is 0.507. The summed E-state index contributed by atoms with van der Waals surface area (Å²) in [6, 6.07) is 2.15. The van der Waals surface area contributed by atoms with E-state index in [2.05, 4.69) is 5.10 Å². The van der Waals surface area contributed by atoms with Gasteiger partial charge in [-0.2, -0.15) is 5.10 Å². The molecule has 1 aromatic heterocycles. The molecule has 0 saturated heterocycles. The molecule has 0 aromatic carbocycles. The molecule has 1 heterocycles. The Morgan fingerprint density at radius 1 is 1.82 bits per heavy atom. The zero-order valence-corrected chi connectivity index (χ0v) is 7.21. The first kappa shape index (κ1) is 8.20. The average Bonchev–Trinajstić information content (AvgIpc) is 2.35. The van der Waals surface area contributed by atoms with Crippen LogP contribution in [0.3, 0.4) is 0 Å². The van der Waals surface area contributed by atoms with Crippen molar-refractivity contribution < 1.29 is 0 Å². The zero-order valence-electron chi connectivity index (χ0n) is 6.40. The van der Waals surface area contributed by atoms with E-state index in [1.54, 1.807) is 6.20 Å². The third kappa shape index (κ3) is 2.31. The maximum Gasteiger partial charge on any atom is 0.0748 e. The summed E-state index contributed by atoms with van der Waals surface area (Å²) in [6.07, 6.45) is 4.36. The van der Waals surface area contributed by atoms with Crippen LogP contribution in [0.2, 0.25) is 0 Å². The standard InChI is InChI=1S/C7H11N3S/c1-6(5-7(8)11)10-4-2-3-9-10/h2-4,6H,5H2,1H3,(H2,8,11)/t6-/m1/s1. The Hall–Kier alpha value is -0.900. The summed E-state index contributed by atoms with van der Waals surface area (Å²) in [5.41, 5.74) is 5.39. The SMILES string of the molecule is C[C@H](CC(N)=S)n1cccn1. The van der Waals surface area contributed by atoms with Gasteiger partial charge in [0.1, 0.15) is 0 Å². The summed E-state index contributed by atoms with van der Waals surface area (Å²) in [7, 11) is 0. The molecule has 0 bridgehead atoms. The predicted octanol–water partition coefficient (Wildman–Crippen LogP) is 1.12. The summed E-state index contributed by atoms with van der Waals surface area (Å²) < 4.78 is 1.85. The Labute approximate surface area is 71.2 Å². The number of hydrogen-bond acceptors (Lipinski definition) is 2. The second-order valence-electron chi connectivity index (χ2n) is 2.51. The van der Waals surface area contributed by atoms with Crippen LogP contribution in [0, 0.1) is 0 Å². The minimum absolute atomic E-state index is 0.266. The Morgan fingerprint density at radius 2 is 2.55 bits per heavy atom. The minimum Gasteiger partial charge on any atom is -0.393 e. The van der Waals surface area contributed by atoms with Crippen molar-refractivity contribution in [3.8, 4) is 0 Å². The molecule has 0 saturated carbocycles. The summed E-state index contributed by atoms with van der Waals surface area (Å²) in [5, 5.41) is 4.07. The molecular weight excluding hydrogens is 158 g/mol. The van der Waals surface area contributed by atoms with Crippen LogP contribution in [0.4, 0.5) is 0 Å². The normalized spacial score (nSPS) is 12.8. The minimum atomic E-state index is 0.266. The van der Waals surface area contributed by atoms with Gasteiger partial charge < -0.3 is 5.73 Å². The van der Waals surface area contributed by atoms with Crippen LogP contribution in [-0.4, -0.2) is 14.8 Å². The van der Waals surface area contributed by atoms with Crippen LogP contribution in [0.25, 0.3) is 0 Å². The number of rotatable bonds is 3. The monoisotopic (exact) mass is 169 g/mol. The van der Waals surface area contributed by atoms with E-state index in [1.807, 2.05) is 23.9 Å². The van der Waals surface area contributed by atoms with E-state index in [1.165, 1.54) is 0 Å². The van der Waals surface area contributed by atoms with Gasteiger partial charge in [-0.05, 0) is 13.0 Å². The number of nitrogens with two attached hydrogens (primary N) is 1. The van der Waals surface area contributed by atoms with Crippen molar-refractivity contribution in [3.05, 3.63) is 18.5 Å². The van der Waals surface area contributed by atoms with Crippen molar-refractivity contribution in [2.24, 2.45) is 5.73 Å². The van der Waals surface area contributed by atoms with Gasteiger partial charge >= 0.3 is 0 Å². The van der Waals surface area contributed by atoms with Crippen LogP contribution in [-0.2, 0) is 0 Å². The highest BCUT2D eigenvalue weighted by molar-refractivity contribution is 7.80. The van der Waals surface area contributed by atoms with E-state index >= 15 is 0 Å². The highest BCUT2D eigenvalue weighted by Crippen LogP contribution is 2.07. The molecule has 0 radical (unpaired) electrons. The van der Waals surface area contributed by atoms with Gasteiger partial charge in [0, 0.05) is 18.8 Å². The molecule has 0 spiro atoms. The molecule has 0 amide bonds. The first-order valence-electron chi connectivity index (χ1n) is 3.47. The number of aromatic nitrogens is 2. The highest BCUT2D eigenvalue weighted by atomic mass is 32.1. The van der Waals surface area contributed by atoms with Gasteiger partial charge in [0.2, 0.25) is 0 Å². The van der Waals surface area contributed by atoms with Gasteiger partial charge in [0.05, 0.1) is 11.0 Å². The average molecular weight is 169 g/mol. The fraction of sp³-hybridized carbons (Fsp3) is 0.429. The lowest BCUT2D eigenvalue weighted by Gasteiger charge is -2.09. The van der Waals surface area contributed by atoms with Crippen molar-refractivity contribution in [3.63, 3.8) is 0 Å². The van der Waals surface area contributed by atoms with E-state index in [0.29, 0.717) is 11.4 Å². The van der Waals surface area contributed by atoms with Crippen molar-refractivity contribution in [1.82, 2.24) is 9.78 Å². The van der Waals surface area contributed by atoms with E-state index in [-0.39, 0.29) is 6.04 Å². The zero-order chi connectivity index (χ0) is 8.27. The maximum atomic E-state index is 5.39. The van der Waals surface area contributed by atoms with Crippen LogP contribution in [0.5, 0.6) is 0 Å². The van der Waals surface area contributed by atoms with E-state index in [4.69, 9.17) is 18.0 Å². The summed E-state index contributed by atoms with van der Waals surface area (Å²) in [4.78, 5) is 0.535. The molecule has 4 heteroatoms. The first-order chi connectivity index (χ1) is 5.20. The largest absolute Gasteiger partial charge is 0.393 e. The Kier molecular flexibility index (Phi) is 2.59. The molecule has 0 aliphatic carbocycles. The Morgan fingerprint density at radius 3 is 3.00 bits per heavy atom. The quantitative estimate of drug-likeness (QED) is 0.689. The molecule has 60 valence electrons. The van der Waals surface area contributed by atoms with Crippen LogP contribution in [0.1, 0.15) is 19.4 Å². The van der Waals surface area contributed by atoms with Gasteiger partial charge in [-0.25, -0.2) is 0 Å². The lowest BCUT2D eigenvalue weighted by Crippen LogP contribution is -2.15. The van der Waals surface area contributed by atoms with Crippen molar-refractivity contribution in [1.29, 1.82) is 0 Å². The molecular formula is C7H11N3S. The first-order valence-corrected chi connectivity index (χ1v) is 3.88. The van der Waals surface area contributed by atoms with Gasteiger partial charge in [-0.15, -0.1) is 0 Å². The van der Waals surface area contributed by atoms with Crippen molar-refractivity contribution >= 4 is 17.2 Å². The molecule has 0 aliphatic heterocycles. The van der Waals surface area contributed by atoms with Crippen LogP contribution < -0.4 is 5.73 Å². The van der Waals surface area contributed by atoms with Gasteiger partial charge in [-0.1, -0.05) is 12.2 Å². The summed E-state index contributed by atoms with van der Waals surface area (Å²) >= 11 is 4.78. The topological polar surface area (TPSA) is 43.8 Å². The Balaban J connectivity index is 2.56. The molecule has 0 unspecified atom stereocenters.